The van der Waals surface area contributed by atoms with Gasteiger partial charge in [0.15, 0.2) is 6.10 Å². The molecule has 21 heavy (non-hydrogen) atoms. The summed E-state index contributed by atoms with van der Waals surface area (Å²) in [6.45, 7) is 4.00. The molecule has 1 fully saturated rings. The second-order valence-electron chi connectivity index (χ2n) is 4.91. The molecule has 0 aliphatic carbocycles. The molecule has 6 nitrogen and oxygen atoms in total. The standard InChI is InChI=1S/C15H19NO5/c1-11(15(19)16-6-8-20-9-7-16)21-13-4-2-12(3-5-13)10-14(17)18/h2-5,11H,6-10H2,1H3,(H,17,18). The van der Waals surface area contributed by atoms with Crippen molar-refractivity contribution in [3.63, 3.8) is 0 Å². The smallest absolute Gasteiger partial charge is 0.307 e. The van der Waals surface area contributed by atoms with Crippen LogP contribution in [0.2, 0.25) is 0 Å². The zero-order valence-electron chi connectivity index (χ0n) is 11.9. The van der Waals surface area contributed by atoms with E-state index in [2.05, 4.69) is 0 Å². The van der Waals surface area contributed by atoms with E-state index in [0.29, 0.717) is 37.6 Å². The van der Waals surface area contributed by atoms with Gasteiger partial charge in [0.25, 0.3) is 5.91 Å². The molecule has 0 spiro atoms. The summed E-state index contributed by atoms with van der Waals surface area (Å²) in [4.78, 5) is 24.5. The van der Waals surface area contributed by atoms with E-state index >= 15 is 0 Å². The molecule has 2 rings (SSSR count). The van der Waals surface area contributed by atoms with Crippen molar-refractivity contribution in [2.24, 2.45) is 0 Å². The quantitative estimate of drug-likeness (QED) is 0.874. The highest BCUT2D eigenvalue weighted by molar-refractivity contribution is 5.81. The van der Waals surface area contributed by atoms with Crippen molar-refractivity contribution in [2.45, 2.75) is 19.4 Å². The zero-order chi connectivity index (χ0) is 15.2. The maximum Gasteiger partial charge on any atom is 0.307 e. The number of carboxylic acid groups (broad SMARTS) is 1. The average molecular weight is 293 g/mol. The molecule has 1 atom stereocenters. The topological polar surface area (TPSA) is 76.1 Å². The van der Waals surface area contributed by atoms with Crippen LogP contribution in [0.3, 0.4) is 0 Å². The van der Waals surface area contributed by atoms with E-state index < -0.39 is 12.1 Å². The predicted octanol–water partition coefficient (Wildman–Crippen LogP) is 0.940. The Morgan fingerprint density at radius 3 is 2.48 bits per heavy atom. The fourth-order valence-electron chi connectivity index (χ4n) is 2.16. The van der Waals surface area contributed by atoms with Crippen molar-refractivity contribution < 1.29 is 24.2 Å². The predicted molar refractivity (Wildman–Crippen MR) is 75.3 cm³/mol. The minimum atomic E-state index is -0.875. The SMILES string of the molecule is CC(Oc1ccc(CC(=O)O)cc1)C(=O)N1CCOCC1. The first kappa shape index (κ1) is 15.3. The third-order valence-electron chi connectivity index (χ3n) is 3.26. The minimum absolute atomic E-state index is 0.0253. The lowest BCUT2D eigenvalue weighted by atomic mass is 10.1. The highest BCUT2D eigenvalue weighted by Crippen LogP contribution is 2.15. The van der Waals surface area contributed by atoms with Gasteiger partial charge in [0.2, 0.25) is 0 Å². The Kier molecular flexibility index (Phi) is 5.16. The van der Waals surface area contributed by atoms with Gasteiger partial charge in [0.1, 0.15) is 5.75 Å². The molecule has 1 aliphatic heterocycles. The number of aliphatic carboxylic acids is 1. The van der Waals surface area contributed by atoms with Gasteiger partial charge < -0.3 is 19.5 Å². The van der Waals surface area contributed by atoms with Gasteiger partial charge >= 0.3 is 5.97 Å². The summed E-state index contributed by atoms with van der Waals surface area (Å²) in [6.07, 6.45) is -0.601. The molecule has 1 unspecified atom stereocenters. The molecule has 0 saturated carbocycles. The van der Waals surface area contributed by atoms with Crippen molar-refractivity contribution in [3.05, 3.63) is 29.8 Å². The third kappa shape index (κ3) is 4.46. The molecule has 1 aromatic rings. The van der Waals surface area contributed by atoms with Crippen LogP contribution in [-0.4, -0.2) is 54.3 Å². The van der Waals surface area contributed by atoms with E-state index in [1.165, 1.54) is 0 Å². The number of morpholine rings is 1. The van der Waals surface area contributed by atoms with Gasteiger partial charge in [0, 0.05) is 13.1 Å². The van der Waals surface area contributed by atoms with Crippen LogP contribution in [0.4, 0.5) is 0 Å². The largest absolute Gasteiger partial charge is 0.481 e. The lowest BCUT2D eigenvalue weighted by Crippen LogP contribution is -2.46. The summed E-state index contributed by atoms with van der Waals surface area (Å²) >= 11 is 0. The first-order valence-corrected chi connectivity index (χ1v) is 6.90. The number of benzene rings is 1. The minimum Gasteiger partial charge on any atom is -0.481 e. The molecule has 1 N–H and O–H groups in total. The van der Waals surface area contributed by atoms with Crippen LogP contribution in [0.1, 0.15) is 12.5 Å². The van der Waals surface area contributed by atoms with Crippen molar-refractivity contribution >= 4 is 11.9 Å². The molecule has 0 radical (unpaired) electrons. The van der Waals surface area contributed by atoms with Crippen molar-refractivity contribution in [1.82, 2.24) is 4.90 Å². The number of ether oxygens (including phenoxy) is 2. The van der Waals surface area contributed by atoms with Gasteiger partial charge in [-0.25, -0.2) is 0 Å². The van der Waals surface area contributed by atoms with Gasteiger partial charge in [-0.1, -0.05) is 12.1 Å². The number of carbonyl (C=O) groups is 2. The van der Waals surface area contributed by atoms with E-state index in [9.17, 15) is 9.59 Å². The van der Waals surface area contributed by atoms with E-state index in [0.717, 1.165) is 0 Å². The Morgan fingerprint density at radius 2 is 1.90 bits per heavy atom. The number of carboxylic acids is 1. The lowest BCUT2D eigenvalue weighted by Gasteiger charge is -2.29. The molecular formula is C15H19NO5. The monoisotopic (exact) mass is 293 g/mol. The number of carbonyl (C=O) groups excluding carboxylic acids is 1. The maximum atomic E-state index is 12.2. The van der Waals surface area contributed by atoms with Crippen LogP contribution in [0.15, 0.2) is 24.3 Å². The fourth-order valence-corrected chi connectivity index (χ4v) is 2.16. The van der Waals surface area contributed by atoms with Gasteiger partial charge in [-0.3, -0.25) is 9.59 Å². The molecule has 1 amide bonds. The number of hydrogen-bond donors (Lipinski definition) is 1. The highest BCUT2D eigenvalue weighted by Gasteiger charge is 2.23. The zero-order valence-corrected chi connectivity index (χ0v) is 11.9. The van der Waals surface area contributed by atoms with E-state index in [4.69, 9.17) is 14.6 Å². The normalized spacial score (nSPS) is 16.3. The van der Waals surface area contributed by atoms with Crippen LogP contribution < -0.4 is 4.74 Å². The number of rotatable bonds is 5. The second-order valence-corrected chi connectivity index (χ2v) is 4.91. The van der Waals surface area contributed by atoms with Crippen LogP contribution in [-0.2, 0) is 20.7 Å². The average Bonchev–Trinajstić information content (AvgIpc) is 2.49. The van der Waals surface area contributed by atoms with Gasteiger partial charge in [-0.2, -0.15) is 0 Å². The van der Waals surface area contributed by atoms with Crippen molar-refractivity contribution in [2.75, 3.05) is 26.3 Å². The van der Waals surface area contributed by atoms with Crippen LogP contribution >= 0.6 is 0 Å². The molecule has 1 heterocycles. The summed E-state index contributed by atoms with van der Waals surface area (Å²) in [5.41, 5.74) is 0.696. The maximum absolute atomic E-state index is 12.2. The molecule has 0 bridgehead atoms. The first-order chi connectivity index (χ1) is 10.1. The lowest BCUT2D eigenvalue weighted by molar-refractivity contribution is -0.142. The number of nitrogens with zero attached hydrogens (tertiary/aromatic N) is 1. The molecule has 114 valence electrons. The third-order valence-corrected chi connectivity index (χ3v) is 3.26. The fraction of sp³-hybridized carbons (Fsp3) is 0.467. The molecule has 1 aromatic carbocycles. The summed E-state index contributed by atoms with van der Waals surface area (Å²) in [7, 11) is 0. The van der Waals surface area contributed by atoms with Crippen LogP contribution in [0.25, 0.3) is 0 Å². The van der Waals surface area contributed by atoms with E-state index in [-0.39, 0.29) is 12.3 Å². The molecule has 0 aromatic heterocycles. The molecular weight excluding hydrogens is 274 g/mol. The summed E-state index contributed by atoms with van der Waals surface area (Å²) in [5, 5.41) is 8.71. The van der Waals surface area contributed by atoms with Gasteiger partial charge in [0.05, 0.1) is 19.6 Å². The van der Waals surface area contributed by atoms with Crippen molar-refractivity contribution in [3.8, 4) is 5.75 Å². The number of hydrogen-bond acceptors (Lipinski definition) is 4. The Labute approximate surface area is 123 Å². The second kappa shape index (κ2) is 7.08. The van der Waals surface area contributed by atoms with E-state index in [1.54, 1.807) is 36.1 Å². The summed E-state index contributed by atoms with van der Waals surface area (Å²) < 4.78 is 10.8. The van der Waals surface area contributed by atoms with Crippen LogP contribution in [0, 0.1) is 0 Å². The highest BCUT2D eigenvalue weighted by atomic mass is 16.5. The van der Waals surface area contributed by atoms with E-state index in [1.807, 2.05) is 0 Å². The first-order valence-electron chi connectivity index (χ1n) is 6.90. The Balaban J connectivity index is 1.90. The number of amides is 1. The van der Waals surface area contributed by atoms with Gasteiger partial charge in [-0.15, -0.1) is 0 Å². The van der Waals surface area contributed by atoms with Gasteiger partial charge in [-0.05, 0) is 24.6 Å². The molecule has 1 aliphatic rings. The van der Waals surface area contributed by atoms with Crippen molar-refractivity contribution in [1.29, 1.82) is 0 Å². The molecule has 6 heteroatoms. The summed E-state index contributed by atoms with van der Waals surface area (Å²) in [5.74, 6) is -0.384. The Hall–Kier alpha value is -2.08. The Morgan fingerprint density at radius 1 is 1.29 bits per heavy atom. The summed E-state index contributed by atoms with van der Waals surface area (Å²) in [6, 6.07) is 6.74. The van der Waals surface area contributed by atoms with Crippen LogP contribution in [0.5, 0.6) is 5.75 Å². The Bertz CT molecular complexity index is 493. The molecule has 1 saturated heterocycles.